The van der Waals surface area contributed by atoms with E-state index < -0.39 is 11.9 Å². The molecule has 1 aromatic carbocycles. The molecule has 1 N–H and O–H groups in total. The smallest absolute Gasteiger partial charge is 0.341 e. The summed E-state index contributed by atoms with van der Waals surface area (Å²) in [7, 11) is 0. The summed E-state index contributed by atoms with van der Waals surface area (Å²) in [6.45, 7) is 9.93. The fourth-order valence-corrected chi connectivity index (χ4v) is 4.93. The van der Waals surface area contributed by atoms with Crippen molar-refractivity contribution in [2.24, 2.45) is 0 Å². The van der Waals surface area contributed by atoms with E-state index in [1.54, 1.807) is 49.9 Å². The van der Waals surface area contributed by atoms with E-state index in [2.05, 4.69) is 10.5 Å². The van der Waals surface area contributed by atoms with Crippen LogP contribution in [-0.2, 0) is 4.74 Å². The standard InChI is InChI=1S/C24H26ClN3O5S/c1-6-28(7-2)23(30)20-13(4)17(24(31)32-8-3)22(34-20)26-21(29)18-14(5)33-27-19(18)15-11-9-10-12-16(15)25/h9-12H,6-8H2,1-5H3,(H,26,29). The fourth-order valence-electron chi connectivity index (χ4n) is 3.55. The molecule has 0 saturated carbocycles. The van der Waals surface area contributed by atoms with Crippen LogP contribution in [0.15, 0.2) is 28.8 Å². The molecular formula is C24H26ClN3O5S. The molecule has 0 aliphatic carbocycles. The number of aromatic nitrogens is 1. The Hall–Kier alpha value is -3.17. The van der Waals surface area contributed by atoms with Crippen LogP contribution in [0.3, 0.4) is 0 Å². The molecule has 0 radical (unpaired) electrons. The van der Waals surface area contributed by atoms with Crippen molar-refractivity contribution in [2.45, 2.75) is 34.6 Å². The highest BCUT2D eigenvalue weighted by Gasteiger charge is 2.30. The molecule has 0 unspecified atom stereocenters. The van der Waals surface area contributed by atoms with Crippen molar-refractivity contribution in [3.05, 3.63) is 56.6 Å². The normalized spacial score (nSPS) is 10.8. The Morgan fingerprint density at radius 2 is 1.79 bits per heavy atom. The van der Waals surface area contributed by atoms with E-state index in [1.807, 2.05) is 13.8 Å². The summed E-state index contributed by atoms with van der Waals surface area (Å²) >= 11 is 7.35. The summed E-state index contributed by atoms with van der Waals surface area (Å²) in [4.78, 5) is 41.2. The van der Waals surface area contributed by atoms with Crippen molar-refractivity contribution >= 4 is 45.7 Å². The highest BCUT2D eigenvalue weighted by molar-refractivity contribution is 7.18. The van der Waals surface area contributed by atoms with Gasteiger partial charge in [-0.25, -0.2) is 4.79 Å². The number of benzene rings is 1. The number of thiophene rings is 1. The Morgan fingerprint density at radius 3 is 2.41 bits per heavy atom. The molecule has 3 aromatic rings. The van der Waals surface area contributed by atoms with E-state index in [0.29, 0.717) is 34.1 Å². The van der Waals surface area contributed by atoms with Crippen molar-refractivity contribution in [1.29, 1.82) is 0 Å². The lowest BCUT2D eigenvalue weighted by molar-refractivity contribution is 0.0527. The van der Waals surface area contributed by atoms with Crippen molar-refractivity contribution < 1.29 is 23.6 Å². The molecule has 2 amide bonds. The van der Waals surface area contributed by atoms with Crippen LogP contribution in [0, 0.1) is 13.8 Å². The van der Waals surface area contributed by atoms with Crippen molar-refractivity contribution in [2.75, 3.05) is 25.0 Å². The SMILES string of the molecule is CCOC(=O)c1c(NC(=O)c2c(-c3ccccc3Cl)noc2C)sc(C(=O)N(CC)CC)c1C. The van der Waals surface area contributed by atoms with Crippen LogP contribution < -0.4 is 5.32 Å². The number of amides is 2. The number of aryl methyl sites for hydroxylation is 1. The van der Waals surface area contributed by atoms with Gasteiger partial charge in [-0.1, -0.05) is 35.0 Å². The van der Waals surface area contributed by atoms with E-state index in [9.17, 15) is 14.4 Å². The fraction of sp³-hybridized carbons (Fsp3) is 0.333. The summed E-state index contributed by atoms with van der Waals surface area (Å²) < 4.78 is 10.5. The quantitative estimate of drug-likeness (QED) is 0.402. The second-order valence-corrected chi connectivity index (χ2v) is 8.78. The Labute approximate surface area is 206 Å². The average Bonchev–Trinajstić information content (AvgIpc) is 3.34. The third kappa shape index (κ3) is 4.85. The third-order valence-corrected chi connectivity index (χ3v) is 6.84. The number of halogens is 1. The summed E-state index contributed by atoms with van der Waals surface area (Å²) in [5.74, 6) is -1.07. The van der Waals surface area contributed by atoms with Crippen LogP contribution in [0.25, 0.3) is 11.3 Å². The van der Waals surface area contributed by atoms with Crippen LogP contribution in [0.4, 0.5) is 5.00 Å². The van der Waals surface area contributed by atoms with Gasteiger partial charge in [0.15, 0.2) is 0 Å². The summed E-state index contributed by atoms with van der Waals surface area (Å²) in [6, 6.07) is 6.97. The molecule has 0 saturated heterocycles. The Bertz CT molecular complexity index is 1230. The van der Waals surface area contributed by atoms with Crippen molar-refractivity contribution in [3.8, 4) is 11.3 Å². The second kappa shape index (κ2) is 10.8. The summed E-state index contributed by atoms with van der Waals surface area (Å²) in [5, 5.41) is 7.44. The van der Waals surface area contributed by atoms with Crippen LogP contribution in [0.1, 0.15) is 62.5 Å². The highest BCUT2D eigenvalue weighted by Crippen LogP contribution is 2.36. The van der Waals surface area contributed by atoms with Gasteiger partial charge >= 0.3 is 5.97 Å². The first kappa shape index (κ1) is 25.5. The topological polar surface area (TPSA) is 102 Å². The summed E-state index contributed by atoms with van der Waals surface area (Å²) in [6.07, 6.45) is 0. The zero-order chi connectivity index (χ0) is 25.0. The van der Waals surface area contributed by atoms with Crippen LogP contribution in [0.2, 0.25) is 5.02 Å². The summed E-state index contributed by atoms with van der Waals surface area (Å²) in [5.41, 5.74) is 1.63. The molecule has 0 atom stereocenters. The predicted molar refractivity (Wildman–Crippen MR) is 132 cm³/mol. The number of esters is 1. The van der Waals surface area contributed by atoms with Crippen LogP contribution in [-0.4, -0.2) is 47.5 Å². The van der Waals surface area contributed by atoms with Gasteiger partial charge < -0.3 is 19.5 Å². The number of anilines is 1. The largest absolute Gasteiger partial charge is 0.462 e. The monoisotopic (exact) mass is 503 g/mol. The first-order valence-electron chi connectivity index (χ1n) is 10.9. The molecule has 2 heterocycles. The lowest BCUT2D eigenvalue weighted by atomic mass is 10.1. The molecule has 10 heteroatoms. The van der Waals surface area contributed by atoms with Crippen LogP contribution in [0.5, 0.6) is 0 Å². The molecule has 0 aliphatic rings. The van der Waals surface area contributed by atoms with Gasteiger partial charge in [0.05, 0.1) is 22.1 Å². The van der Waals surface area contributed by atoms with Gasteiger partial charge in [-0.3, -0.25) is 9.59 Å². The molecule has 8 nitrogen and oxygen atoms in total. The Balaban J connectivity index is 2.06. The maximum Gasteiger partial charge on any atom is 0.341 e. The number of carbonyl (C=O) groups is 3. The number of nitrogens with zero attached hydrogens (tertiary/aromatic N) is 2. The minimum absolute atomic E-state index is 0.155. The van der Waals surface area contributed by atoms with E-state index in [0.717, 1.165) is 11.3 Å². The first-order valence-corrected chi connectivity index (χ1v) is 12.1. The zero-order valence-corrected chi connectivity index (χ0v) is 21.2. The van der Waals surface area contributed by atoms with Gasteiger partial charge in [0.25, 0.3) is 11.8 Å². The minimum atomic E-state index is -0.612. The first-order chi connectivity index (χ1) is 16.2. The van der Waals surface area contributed by atoms with Crippen molar-refractivity contribution in [1.82, 2.24) is 10.1 Å². The van der Waals surface area contributed by atoms with Gasteiger partial charge in [-0.15, -0.1) is 11.3 Å². The number of ether oxygens (including phenoxy) is 1. The van der Waals surface area contributed by atoms with E-state index in [1.165, 1.54) is 0 Å². The molecule has 2 aromatic heterocycles. The molecule has 34 heavy (non-hydrogen) atoms. The number of nitrogens with one attached hydrogen (secondary N) is 1. The lowest BCUT2D eigenvalue weighted by Crippen LogP contribution is -2.30. The molecule has 0 fully saturated rings. The van der Waals surface area contributed by atoms with E-state index in [-0.39, 0.29) is 40.1 Å². The zero-order valence-electron chi connectivity index (χ0n) is 19.7. The second-order valence-electron chi connectivity index (χ2n) is 7.35. The molecule has 0 aliphatic heterocycles. The maximum absolute atomic E-state index is 13.4. The van der Waals surface area contributed by atoms with Crippen LogP contribution >= 0.6 is 22.9 Å². The molecule has 3 rings (SSSR count). The number of rotatable bonds is 8. The Kier molecular flexibility index (Phi) is 8.11. The number of hydrogen-bond donors (Lipinski definition) is 1. The predicted octanol–water partition coefficient (Wildman–Crippen LogP) is 5.58. The van der Waals surface area contributed by atoms with Gasteiger partial charge in [0.1, 0.15) is 22.0 Å². The van der Waals surface area contributed by atoms with Crippen molar-refractivity contribution in [3.63, 3.8) is 0 Å². The molecule has 0 bridgehead atoms. The average molecular weight is 504 g/mol. The molecule has 180 valence electrons. The van der Waals surface area contributed by atoms with Gasteiger partial charge in [-0.2, -0.15) is 0 Å². The van der Waals surface area contributed by atoms with Gasteiger partial charge in [-0.05, 0) is 46.2 Å². The minimum Gasteiger partial charge on any atom is -0.462 e. The lowest BCUT2D eigenvalue weighted by Gasteiger charge is -2.18. The van der Waals surface area contributed by atoms with E-state index in [4.69, 9.17) is 20.9 Å². The third-order valence-electron chi connectivity index (χ3n) is 5.32. The van der Waals surface area contributed by atoms with Gasteiger partial charge in [0, 0.05) is 18.7 Å². The molecular weight excluding hydrogens is 478 g/mol. The Morgan fingerprint density at radius 1 is 1.12 bits per heavy atom. The number of hydrogen-bond acceptors (Lipinski definition) is 7. The molecule has 0 spiro atoms. The maximum atomic E-state index is 13.4. The van der Waals surface area contributed by atoms with Gasteiger partial charge in [0.2, 0.25) is 0 Å². The number of carbonyl (C=O) groups excluding carboxylic acids is 3. The van der Waals surface area contributed by atoms with E-state index >= 15 is 0 Å². The highest BCUT2D eigenvalue weighted by atomic mass is 35.5.